The Morgan fingerprint density at radius 1 is 1.28 bits per heavy atom. The average Bonchev–Trinajstić information content (AvgIpc) is 2.51. The van der Waals surface area contributed by atoms with Crippen molar-refractivity contribution >= 4 is 0 Å². The number of hydrogen-bond acceptors (Lipinski definition) is 3. The molecule has 0 atom stereocenters. The minimum Gasteiger partial charge on any atom is -0.497 e. The number of methoxy groups -OCH3 is 1. The van der Waals surface area contributed by atoms with E-state index in [9.17, 15) is 0 Å². The van der Waals surface area contributed by atoms with Gasteiger partial charge in [0.15, 0.2) is 0 Å². The van der Waals surface area contributed by atoms with E-state index in [4.69, 9.17) is 4.74 Å². The number of nitrogens with one attached hydrogen (secondary N) is 1. The molecular weight excluding hydrogens is 224 g/mol. The number of hydrogen-bond donors (Lipinski definition) is 1. The molecule has 0 unspecified atom stereocenters. The minimum atomic E-state index is 0.211. The molecule has 3 heteroatoms. The van der Waals surface area contributed by atoms with Crippen LogP contribution in [0, 0.1) is 0 Å². The zero-order valence-corrected chi connectivity index (χ0v) is 11.7. The molecule has 1 aromatic carbocycles. The highest BCUT2D eigenvalue weighted by Crippen LogP contribution is 2.16. The lowest BCUT2D eigenvalue weighted by Gasteiger charge is -2.30. The normalized spacial score (nSPS) is 20.4. The maximum atomic E-state index is 5.19. The van der Waals surface area contributed by atoms with E-state index in [1.54, 1.807) is 7.11 Å². The minimum absolute atomic E-state index is 0.211. The Kier molecular flexibility index (Phi) is 4.25. The van der Waals surface area contributed by atoms with Gasteiger partial charge in [-0.3, -0.25) is 4.90 Å². The van der Waals surface area contributed by atoms with Crippen LogP contribution in [0.2, 0.25) is 0 Å². The number of ether oxygens (including phenoxy) is 1. The summed E-state index contributed by atoms with van der Waals surface area (Å²) in [6.07, 6.45) is 1.22. The van der Waals surface area contributed by atoms with Crippen LogP contribution in [0.15, 0.2) is 24.3 Å². The van der Waals surface area contributed by atoms with Gasteiger partial charge in [-0.25, -0.2) is 0 Å². The van der Waals surface area contributed by atoms with E-state index in [1.165, 1.54) is 18.5 Å². The van der Waals surface area contributed by atoms with Gasteiger partial charge in [0.25, 0.3) is 0 Å². The second-order valence-corrected chi connectivity index (χ2v) is 5.72. The smallest absolute Gasteiger partial charge is 0.118 e. The fourth-order valence-corrected chi connectivity index (χ4v) is 2.55. The van der Waals surface area contributed by atoms with E-state index in [2.05, 4.69) is 36.2 Å². The van der Waals surface area contributed by atoms with Crippen LogP contribution in [0.1, 0.15) is 25.8 Å². The molecule has 1 N–H and O–H groups in total. The van der Waals surface area contributed by atoms with Crippen LogP contribution < -0.4 is 10.1 Å². The van der Waals surface area contributed by atoms with Crippen molar-refractivity contribution in [3.05, 3.63) is 29.8 Å². The topological polar surface area (TPSA) is 24.5 Å². The fraction of sp³-hybridized carbons (Fsp3) is 0.600. The van der Waals surface area contributed by atoms with E-state index < -0.39 is 0 Å². The lowest BCUT2D eigenvalue weighted by atomic mass is 10.1. The summed E-state index contributed by atoms with van der Waals surface area (Å²) in [5.74, 6) is 0.927. The third kappa shape index (κ3) is 3.72. The second kappa shape index (κ2) is 5.72. The Bertz CT molecular complexity index is 373. The Morgan fingerprint density at radius 2 is 2.00 bits per heavy atom. The summed E-state index contributed by atoms with van der Waals surface area (Å²) in [6.45, 7) is 8.96. The van der Waals surface area contributed by atoms with Crippen molar-refractivity contribution in [2.75, 3.05) is 26.7 Å². The lowest BCUT2D eigenvalue weighted by molar-refractivity contribution is 0.224. The molecule has 1 heterocycles. The van der Waals surface area contributed by atoms with Crippen molar-refractivity contribution in [3.8, 4) is 5.75 Å². The van der Waals surface area contributed by atoms with Crippen molar-refractivity contribution < 1.29 is 4.74 Å². The van der Waals surface area contributed by atoms with E-state index in [0.29, 0.717) is 0 Å². The van der Waals surface area contributed by atoms with Gasteiger partial charge in [0.05, 0.1) is 7.11 Å². The summed E-state index contributed by atoms with van der Waals surface area (Å²) >= 11 is 0. The molecule has 0 aliphatic carbocycles. The molecule has 1 aromatic rings. The first kappa shape index (κ1) is 13.4. The molecule has 1 aliphatic heterocycles. The predicted octanol–water partition coefficient (Wildman–Crippen LogP) is 2.27. The number of nitrogens with zero attached hydrogens (tertiary/aromatic N) is 1. The molecule has 2 rings (SSSR count). The summed E-state index contributed by atoms with van der Waals surface area (Å²) in [4.78, 5) is 2.53. The summed E-state index contributed by atoms with van der Waals surface area (Å²) in [6, 6.07) is 8.39. The summed E-state index contributed by atoms with van der Waals surface area (Å²) in [5.41, 5.74) is 1.57. The van der Waals surface area contributed by atoms with Crippen molar-refractivity contribution in [2.24, 2.45) is 0 Å². The van der Waals surface area contributed by atoms with Crippen LogP contribution in [0.5, 0.6) is 5.75 Å². The Balaban J connectivity index is 1.98. The monoisotopic (exact) mass is 248 g/mol. The fourth-order valence-electron chi connectivity index (χ4n) is 2.55. The van der Waals surface area contributed by atoms with Crippen molar-refractivity contribution in [1.82, 2.24) is 10.2 Å². The molecule has 0 amide bonds. The highest BCUT2D eigenvalue weighted by molar-refractivity contribution is 5.27. The third-order valence-corrected chi connectivity index (χ3v) is 3.44. The zero-order chi connectivity index (χ0) is 13.0. The van der Waals surface area contributed by atoms with Crippen molar-refractivity contribution in [3.63, 3.8) is 0 Å². The van der Waals surface area contributed by atoms with Crippen LogP contribution in [-0.2, 0) is 6.54 Å². The highest BCUT2D eigenvalue weighted by atomic mass is 16.5. The largest absolute Gasteiger partial charge is 0.497 e. The summed E-state index contributed by atoms with van der Waals surface area (Å²) in [7, 11) is 1.71. The van der Waals surface area contributed by atoms with E-state index >= 15 is 0 Å². The molecular formula is C15H24N2O. The van der Waals surface area contributed by atoms with Crippen molar-refractivity contribution in [2.45, 2.75) is 32.4 Å². The molecule has 1 saturated heterocycles. The van der Waals surface area contributed by atoms with Crippen LogP contribution in [0.3, 0.4) is 0 Å². The molecule has 100 valence electrons. The highest BCUT2D eigenvalue weighted by Gasteiger charge is 2.23. The Hall–Kier alpha value is -1.06. The molecule has 0 saturated carbocycles. The Labute approximate surface area is 110 Å². The molecule has 0 bridgehead atoms. The van der Waals surface area contributed by atoms with Gasteiger partial charge in [-0.1, -0.05) is 12.1 Å². The van der Waals surface area contributed by atoms with E-state index in [0.717, 1.165) is 25.4 Å². The number of rotatable bonds is 3. The zero-order valence-electron chi connectivity index (χ0n) is 11.7. The second-order valence-electron chi connectivity index (χ2n) is 5.72. The first-order chi connectivity index (χ1) is 8.59. The van der Waals surface area contributed by atoms with Gasteiger partial charge in [-0.2, -0.15) is 0 Å². The Morgan fingerprint density at radius 3 is 2.67 bits per heavy atom. The van der Waals surface area contributed by atoms with Gasteiger partial charge in [-0.05, 0) is 51.1 Å². The molecule has 1 fully saturated rings. The maximum Gasteiger partial charge on any atom is 0.118 e. The molecule has 3 nitrogen and oxygen atoms in total. The predicted molar refractivity (Wildman–Crippen MR) is 75.0 cm³/mol. The molecule has 18 heavy (non-hydrogen) atoms. The van der Waals surface area contributed by atoms with Crippen LogP contribution in [0.25, 0.3) is 0 Å². The quantitative estimate of drug-likeness (QED) is 0.888. The van der Waals surface area contributed by atoms with Gasteiger partial charge >= 0.3 is 0 Å². The van der Waals surface area contributed by atoms with Gasteiger partial charge in [0.1, 0.15) is 5.75 Å². The third-order valence-electron chi connectivity index (χ3n) is 3.44. The molecule has 0 spiro atoms. The first-order valence-corrected chi connectivity index (χ1v) is 6.69. The van der Waals surface area contributed by atoms with Crippen molar-refractivity contribution in [1.29, 1.82) is 0 Å². The number of benzene rings is 1. The molecule has 0 aromatic heterocycles. The van der Waals surface area contributed by atoms with Gasteiger partial charge < -0.3 is 10.1 Å². The summed E-state index contributed by atoms with van der Waals surface area (Å²) < 4.78 is 5.19. The molecule has 0 radical (unpaired) electrons. The van der Waals surface area contributed by atoms with E-state index in [1.807, 2.05) is 12.1 Å². The van der Waals surface area contributed by atoms with E-state index in [-0.39, 0.29) is 5.54 Å². The van der Waals surface area contributed by atoms with Crippen LogP contribution in [0.4, 0.5) is 0 Å². The SMILES string of the molecule is COc1ccc(CN2CCCNC(C)(C)C2)cc1. The van der Waals surface area contributed by atoms with Gasteiger partial charge in [0.2, 0.25) is 0 Å². The first-order valence-electron chi connectivity index (χ1n) is 6.69. The van der Waals surface area contributed by atoms with Gasteiger partial charge in [0, 0.05) is 18.6 Å². The molecule has 1 aliphatic rings. The summed E-state index contributed by atoms with van der Waals surface area (Å²) in [5, 5.41) is 3.59. The lowest BCUT2D eigenvalue weighted by Crippen LogP contribution is -2.46. The standard InChI is InChI=1S/C15H24N2O/c1-15(2)12-17(10-4-9-16-15)11-13-5-7-14(18-3)8-6-13/h5-8,16H,4,9-12H2,1-3H3. The average molecular weight is 248 g/mol. The van der Waals surface area contributed by atoms with Crippen LogP contribution >= 0.6 is 0 Å². The van der Waals surface area contributed by atoms with Gasteiger partial charge in [-0.15, -0.1) is 0 Å². The maximum absolute atomic E-state index is 5.19. The van der Waals surface area contributed by atoms with Crippen LogP contribution in [-0.4, -0.2) is 37.2 Å².